The Morgan fingerprint density at radius 3 is 2.88 bits per heavy atom. The average molecular weight is 356 g/mol. The van der Waals surface area contributed by atoms with Crippen LogP contribution >= 0.6 is 0 Å². The van der Waals surface area contributed by atoms with Gasteiger partial charge in [0.1, 0.15) is 17.9 Å². The van der Waals surface area contributed by atoms with Gasteiger partial charge in [-0.2, -0.15) is 5.10 Å². The number of likely N-dealkylation sites (tertiary alicyclic amines) is 1. The lowest BCUT2D eigenvalue weighted by atomic mass is 9.91. The topological polar surface area (TPSA) is 95.2 Å². The van der Waals surface area contributed by atoms with E-state index in [9.17, 15) is 4.79 Å². The molecule has 2 aliphatic heterocycles. The minimum absolute atomic E-state index is 0.0513. The molecule has 26 heavy (non-hydrogen) atoms. The number of hydrazine groups is 1. The highest BCUT2D eigenvalue weighted by Gasteiger charge is 2.38. The summed E-state index contributed by atoms with van der Waals surface area (Å²) in [5, 5.41) is 6.88. The Balaban J connectivity index is 1.42. The molecule has 2 fully saturated rings. The van der Waals surface area contributed by atoms with E-state index >= 15 is 0 Å². The molecule has 1 aromatic carbocycles. The summed E-state index contributed by atoms with van der Waals surface area (Å²) in [5.41, 5.74) is 7.46. The predicted molar refractivity (Wildman–Crippen MR) is 95.3 cm³/mol. The molecule has 1 amide bonds. The lowest BCUT2D eigenvalue weighted by molar-refractivity contribution is -0.136. The third-order valence-electron chi connectivity index (χ3n) is 5.38. The number of methoxy groups -OCH3 is 1. The van der Waals surface area contributed by atoms with Crippen LogP contribution in [0.4, 0.5) is 0 Å². The Morgan fingerprint density at radius 2 is 2.15 bits per heavy atom. The van der Waals surface area contributed by atoms with Gasteiger partial charge in [-0.05, 0) is 30.5 Å². The van der Waals surface area contributed by atoms with Crippen LogP contribution in [-0.4, -0.2) is 52.7 Å². The van der Waals surface area contributed by atoms with Crippen molar-refractivity contribution in [3.63, 3.8) is 0 Å². The zero-order valence-electron chi connectivity index (χ0n) is 14.8. The summed E-state index contributed by atoms with van der Waals surface area (Å²) in [6, 6.07) is 7.84. The molecular weight excluding hydrogens is 332 g/mol. The zero-order chi connectivity index (χ0) is 17.9. The van der Waals surface area contributed by atoms with Gasteiger partial charge in [0.25, 0.3) is 0 Å². The van der Waals surface area contributed by atoms with Crippen molar-refractivity contribution in [1.82, 2.24) is 30.9 Å². The first-order valence-corrected chi connectivity index (χ1v) is 9.02. The van der Waals surface area contributed by atoms with Crippen LogP contribution in [0, 0.1) is 5.92 Å². The van der Waals surface area contributed by atoms with Gasteiger partial charge in [0, 0.05) is 25.6 Å². The minimum atomic E-state index is -0.121. The largest absolute Gasteiger partial charge is 0.497 e. The van der Waals surface area contributed by atoms with Gasteiger partial charge < -0.3 is 9.64 Å². The van der Waals surface area contributed by atoms with Crippen LogP contribution in [0.2, 0.25) is 0 Å². The number of aromatic amines is 1. The quantitative estimate of drug-likeness (QED) is 0.756. The zero-order valence-corrected chi connectivity index (χ0v) is 14.8. The van der Waals surface area contributed by atoms with Crippen molar-refractivity contribution in [2.24, 2.45) is 5.92 Å². The van der Waals surface area contributed by atoms with Gasteiger partial charge in [-0.1, -0.05) is 12.1 Å². The van der Waals surface area contributed by atoms with E-state index in [0.717, 1.165) is 43.1 Å². The van der Waals surface area contributed by atoms with Crippen molar-refractivity contribution >= 4 is 5.91 Å². The lowest BCUT2D eigenvalue weighted by Gasteiger charge is -2.33. The number of nitrogens with zero attached hydrogens (tertiary/aromatic N) is 3. The summed E-state index contributed by atoms with van der Waals surface area (Å²) < 4.78 is 5.32. The second-order valence-electron chi connectivity index (χ2n) is 6.86. The van der Waals surface area contributed by atoms with Crippen LogP contribution in [0.3, 0.4) is 0 Å². The van der Waals surface area contributed by atoms with E-state index in [1.807, 2.05) is 29.2 Å². The van der Waals surface area contributed by atoms with Gasteiger partial charge in [0.15, 0.2) is 0 Å². The lowest BCUT2D eigenvalue weighted by Crippen LogP contribution is -2.43. The molecule has 0 spiro atoms. The van der Waals surface area contributed by atoms with Crippen LogP contribution in [0.25, 0.3) is 0 Å². The Morgan fingerprint density at radius 1 is 1.31 bits per heavy atom. The van der Waals surface area contributed by atoms with Crippen LogP contribution in [-0.2, 0) is 4.79 Å². The normalized spacial score (nSPS) is 24.0. The molecule has 0 aliphatic carbocycles. The molecule has 0 bridgehead atoms. The number of hydrogen-bond donors (Lipinski definition) is 3. The Labute approximate surface area is 152 Å². The number of benzene rings is 1. The molecular formula is C18H24N6O2. The first kappa shape index (κ1) is 17.0. The second-order valence-corrected chi connectivity index (χ2v) is 6.86. The number of aromatic nitrogens is 3. The Kier molecular flexibility index (Phi) is 4.85. The van der Waals surface area contributed by atoms with Crippen LogP contribution in [0.5, 0.6) is 5.75 Å². The van der Waals surface area contributed by atoms with Crippen molar-refractivity contribution in [2.75, 3.05) is 26.7 Å². The minimum Gasteiger partial charge on any atom is -0.497 e. The summed E-state index contributed by atoms with van der Waals surface area (Å²) in [5.74, 6) is 2.16. The van der Waals surface area contributed by atoms with Crippen molar-refractivity contribution in [3.8, 4) is 5.75 Å². The van der Waals surface area contributed by atoms with E-state index in [2.05, 4.69) is 26.0 Å². The van der Waals surface area contributed by atoms with E-state index in [1.54, 1.807) is 13.4 Å². The van der Waals surface area contributed by atoms with E-state index in [-0.39, 0.29) is 17.9 Å². The summed E-state index contributed by atoms with van der Waals surface area (Å²) >= 11 is 0. The fraction of sp³-hybridized carbons (Fsp3) is 0.500. The standard InChI is InChI=1S/C18H24N6O2/c1-26-14-4-2-3-13(9-14)16-15(10-20-22-16)18(25)24-7-5-12(6-8-24)17-19-11-21-23-17/h2-4,9,11-12,15-16,20,22H,5-8,10H2,1H3,(H,19,21,23). The number of piperidine rings is 1. The van der Waals surface area contributed by atoms with E-state index in [0.29, 0.717) is 12.5 Å². The highest BCUT2D eigenvalue weighted by molar-refractivity contribution is 5.80. The Bertz CT molecular complexity index is 742. The monoisotopic (exact) mass is 356 g/mol. The van der Waals surface area contributed by atoms with Crippen molar-refractivity contribution < 1.29 is 9.53 Å². The highest BCUT2D eigenvalue weighted by Crippen LogP contribution is 2.31. The van der Waals surface area contributed by atoms with Gasteiger partial charge in [0.2, 0.25) is 5.91 Å². The maximum Gasteiger partial charge on any atom is 0.229 e. The smallest absolute Gasteiger partial charge is 0.229 e. The number of rotatable bonds is 4. The van der Waals surface area contributed by atoms with Gasteiger partial charge >= 0.3 is 0 Å². The number of carbonyl (C=O) groups excluding carboxylic acids is 1. The number of H-pyrrole nitrogens is 1. The van der Waals surface area contributed by atoms with Gasteiger partial charge in [-0.15, -0.1) is 0 Å². The number of hydrogen-bond acceptors (Lipinski definition) is 6. The average Bonchev–Trinajstić information content (AvgIpc) is 3.39. The predicted octanol–water partition coefficient (Wildman–Crippen LogP) is 0.985. The Hall–Kier alpha value is -2.45. The maximum atomic E-state index is 13.1. The van der Waals surface area contributed by atoms with E-state index in [4.69, 9.17) is 4.74 Å². The fourth-order valence-corrected chi connectivity index (χ4v) is 3.90. The molecule has 2 aliphatic rings. The third kappa shape index (κ3) is 3.30. The molecule has 8 nitrogen and oxygen atoms in total. The molecule has 4 rings (SSSR count). The van der Waals surface area contributed by atoms with E-state index < -0.39 is 0 Å². The molecule has 3 heterocycles. The molecule has 2 saturated heterocycles. The molecule has 1 aromatic heterocycles. The molecule has 3 N–H and O–H groups in total. The number of amides is 1. The van der Waals surface area contributed by atoms with Gasteiger partial charge in [-0.3, -0.25) is 15.3 Å². The van der Waals surface area contributed by atoms with E-state index in [1.165, 1.54) is 0 Å². The number of carbonyl (C=O) groups is 1. The molecule has 8 heteroatoms. The van der Waals surface area contributed by atoms with Crippen molar-refractivity contribution in [2.45, 2.75) is 24.8 Å². The van der Waals surface area contributed by atoms with Crippen molar-refractivity contribution in [1.29, 1.82) is 0 Å². The van der Waals surface area contributed by atoms with Crippen LogP contribution in [0.1, 0.15) is 36.2 Å². The molecule has 0 radical (unpaired) electrons. The molecule has 0 saturated carbocycles. The molecule has 138 valence electrons. The molecule has 2 unspecified atom stereocenters. The second kappa shape index (κ2) is 7.43. The maximum absolute atomic E-state index is 13.1. The van der Waals surface area contributed by atoms with Crippen LogP contribution in [0.15, 0.2) is 30.6 Å². The summed E-state index contributed by atoms with van der Waals surface area (Å²) in [6.45, 7) is 2.14. The summed E-state index contributed by atoms with van der Waals surface area (Å²) in [7, 11) is 1.65. The number of ether oxygens (including phenoxy) is 1. The van der Waals surface area contributed by atoms with Gasteiger partial charge in [0.05, 0.1) is 19.1 Å². The fourth-order valence-electron chi connectivity index (χ4n) is 3.90. The molecule has 2 aromatic rings. The SMILES string of the molecule is COc1cccc(C2NNCC2C(=O)N2CCC(c3ncn[nH]3)CC2)c1. The number of nitrogens with one attached hydrogen (secondary N) is 3. The highest BCUT2D eigenvalue weighted by atomic mass is 16.5. The first-order chi connectivity index (χ1) is 12.8. The van der Waals surface area contributed by atoms with Crippen molar-refractivity contribution in [3.05, 3.63) is 42.0 Å². The summed E-state index contributed by atoms with van der Waals surface area (Å²) in [6.07, 6.45) is 3.37. The van der Waals surface area contributed by atoms with Crippen LogP contribution < -0.4 is 15.6 Å². The van der Waals surface area contributed by atoms with Gasteiger partial charge in [-0.25, -0.2) is 10.4 Å². The first-order valence-electron chi connectivity index (χ1n) is 9.02. The third-order valence-corrected chi connectivity index (χ3v) is 5.38. The summed E-state index contributed by atoms with van der Waals surface area (Å²) in [4.78, 5) is 19.3. The molecule has 2 atom stereocenters.